The second kappa shape index (κ2) is 12.6. The summed E-state index contributed by atoms with van der Waals surface area (Å²) >= 11 is 0. The van der Waals surface area contributed by atoms with E-state index < -0.39 is 44.4 Å². The monoisotopic (exact) mass is 671 g/mol. The van der Waals surface area contributed by atoms with Crippen molar-refractivity contribution in [1.82, 2.24) is 0 Å². The van der Waals surface area contributed by atoms with E-state index in [1.54, 1.807) is 7.11 Å². The van der Waals surface area contributed by atoms with Gasteiger partial charge in [-0.2, -0.15) is 0 Å². The van der Waals surface area contributed by atoms with Crippen molar-refractivity contribution in [3.8, 4) is 0 Å². The zero-order chi connectivity index (χ0) is 34.8. The highest BCUT2D eigenvalue weighted by atomic mass is 28.4. The third kappa shape index (κ3) is 7.28. The number of hydrogen-bond acceptors (Lipinski definition) is 8. The molecule has 3 aliphatic heterocycles. The van der Waals surface area contributed by atoms with E-state index in [4.69, 9.17) is 32.7 Å². The SMILES string of the molecule is CO[C@@H]1[C@H](OC(=O)Nc2ccc(B3OC(C)(C)C(C)(C)O3)c(CO[Si](C)(C)C(C)(C)C)c2)CC[C@]2(CO2)[C@H]1[C@@]1(C)O[C@@H]1CC=C(C)C. The lowest BCUT2D eigenvalue weighted by molar-refractivity contribution is -0.116. The van der Waals surface area contributed by atoms with Crippen molar-refractivity contribution in [2.24, 2.45) is 5.92 Å². The normalized spacial score (nSPS) is 32.7. The van der Waals surface area contributed by atoms with Gasteiger partial charge in [0.2, 0.25) is 0 Å². The van der Waals surface area contributed by atoms with Crippen LogP contribution in [0.3, 0.4) is 0 Å². The minimum Gasteiger partial charge on any atom is -0.443 e. The fourth-order valence-electron chi connectivity index (χ4n) is 6.84. The van der Waals surface area contributed by atoms with Gasteiger partial charge in [0.05, 0.1) is 36.4 Å². The second-order valence-corrected chi connectivity index (χ2v) is 21.8. The Hall–Kier alpha value is -1.73. The molecule has 5 rings (SSSR count). The van der Waals surface area contributed by atoms with Crippen molar-refractivity contribution < 1.29 is 37.5 Å². The van der Waals surface area contributed by atoms with Gasteiger partial charge in [0, 0.05) is 12.8 Å². The van der Waals surface area contributed by atoms with E-state index in [9.17, 15) is 4.79 Å². The molecule has 0 bridgehead atoms. The lowest BCUT2D eigenvalue weighted by atomic mass is 9.68. The van der Waals surface area contributed by atoms with Gasteiger partial charge in [-0.25, -0.2) is 4.79 Å². The Morgan fingerprint density at radius 2 is 1.74 bits per heavy atom. The molecule has 0 aromatic heterocycles. The number of hydrogen-bond donors (Lipinski definition) is 1. The number of nitrogens with one attached hydrogen (secondary N) is 1. The summed E-state index contributed by atoms with van der Waals surface area (Å²) in [6, 6.07) is 5.78. The summed E-state index contributed by atoms with van der Waals surface area (Å²) in [7, 11) is -0.932. The molecule has 47 heavy (non-hydrogen) atoms. The van der Waals surface area contributed by atoms with Crippen LogP contribution in [0.25, 0.3) is 0 Å². The molecule has 1 aliphatic carbocycles. The average Bonchev–Trinajstić information content (AvgIpc) is 3.85. The van der Waals surface area contributed by atoms with Crippen LogP contribution >= 0.6 is 0 Å². The first kappa shape index (κ1) is 36.5. The van der Waals surface area contributed by atoms with Crippen LogP contribution in [-0.4, -0.2) is 76.0 Å². The molecule has 9 nitrogen and oxygen atoms in total. The van der Waals surface area contributed by atoms with Crippen molar-refractivity contribution in [1.29, 1.82) is 0 Å². The van der Waals surface area contributed by atoms with Gasteiger partial charge in [-0.05, 0) is 109 Å². The van der Waals surface area contributed by atoms with Crippen LogP contribution in [0.1, 0.15) is 94.1 Å². The van der Waals surface area contributed by atoms with Crippen LogP contribution in [0.15, 0.2) is 29.8 Å². The number of methoxy groups -OCH3 is 1. The van der Waals surface area contributed by atoms with E-state index in [2.05, 4.69) is 66.0 Å². The van der Waals surface area contributed by atoms with Gasteiger partial charge in [-0.3, -0.25) is 5.32 Å². The summed E-state index contributed by atoms with van der Waals surface area (Å²) in [6.07, 6.45) is 3.29. The third-order valence-corrected chi connectivity index (χ3v) is 16.3. The first-order valence-corrected chi connectivity index (χ1v) is 20.1. The number of carbonyl (C=O) groups is 1. The minimum atomic E-state index is -2.07. The van der Waals surface area contributed by atoms with Gasteiger partial charge in [0.15, 0.2) is 8.32 Å². The van der Waals surface area contributed by atoms with Crippen molar-refractivity contribution in [3.05, 3.63) is 35.4 Å². The Morgan fingerprint density at radius 1 is 1.11 bits per heavy atom. The fraction of sp³-hybridized carbons (Fsp3) is 0.750. The maximum absolute atomic E-state index is 13.5. The molecule has 1 aromatic carbocycles. The molecule has 3 saturated heterocycles. The summed E-state index contributed by atoms with van der Waals surface area (Å²) in [5.41, 5.74) is 2.04. The summed E-state index contributed by atoms with van der Waals surface area (Å²) in [6.45, 7) is 26.7. The lowest BCUT2D eigenvalue weighted by Crippen LogP contribution is -2.55. The number of ether oxygens (including phenoxy) is 4. The molecule has 4 aliphatic rings. The molecule has 1 amide bonds. The highest BCUT2D eigenvalue weighted by Gasteiger charge is 2.72. The van der Waals surface area contributed by atoms with Gasteiger partial charge < -0.3 is 32.7 Å². The van der Waals surface area contributed by atoms with Crippen molar-refractivity contribution >= 4 is 32.7 Å². The first-order chi connectivity index (χ1) is 21.6. The first-order valence-electron chi connectivity index (χ1n) is 17.2. The van der Waals surface area contributed by atoms with Crippen LogP contribution < -0.4 is 10.8 Å². The standard InChI is InChI=1S/C36H58BNO8Si/c1-23(2)14-17-28-35(10,44-28)30-29(40-11)27(18-19-36(30)22-41-36)43-31(39)38-25-15-16-26(37-45-33(6,7)34(8,9)46-37)24(20-25)21-42-47(12,13)32(3,4)5/h14-16,20,27-30H,17-19,21-22H2,1-13H3,(H,38,39)/t27-,28-,29-,30-,35+,36+/m1/s1. The van der Waals surface area contributed by atoms with E-state index >= 15 is 0 Å². The number of benzene rings is 1. The summed E-state index contributed by atoms with van der Waals surface area (Å²) in [4.78, 5) is 13.5. The lowest BCUT2D eigenvalue weighted by Gasteiger charge is -2.42. The van der Waals surface area contributed by atoms with E-state index in [0.29, 0.717) is 25.3 Å². The molecule has 1 aromatic rings. The molecular weight excluding hydrogens is 613 g/mol. The molecule has 0 unspecified atom stereocenters. The Morgan fingerprint density at radius 3 is 2.30 bits per heavy atom. The van der Waals surface area contributed by atoms with Crippen molar-refractivity contribution in [2.75, 3.05) is 19.0 Å². The summed E-state index contributed by atoms with van der Waals surface area (Å²) in [5, 5.41) is 3.03. The van der Waals surface area contributed by atoms with Gasteiger partial charge in [-0.15, -0.1) is 0 Å². The molecule has 1 saturated carbocycles. The molecule has 1 N–H and O–H groups in total. The molecule has 6 atom stereocenters. The number of amides is 1. The largest absolute Gasteiger partial charge is 0.495 e. The molecule has 11 heteroatoms. The smallest absolute Gasteiger partial charge is 0.443 e. The van der Waals surface area contributed by atoms with Gasteiger partial charge in [0.1, 0.15) is 23.4 Å². The third-order valence-electron chi connectivity index (χ3n) is 11.8. The topological polar surface area (TPSA) is 100 Å². The maximum atomic E-state index is 13.5. The van der Waals surface area contributed by atoms with E-state index in [-0.39, 0.29) is 28.8 Å². The van der Waals surface area contributed by atoms with E-state index in [1.165, 1.54) is 5.57 Å². The van der Waals surface area contributed by atoms with Crippen LogP contribution in [-0.2, 0) is 39.3 Å². The van der Waals surface area contributed by atoms with Crippen LogP contribution in [0.5, 0.6) is 0 Å². The number of epoxide rings is 2. The number of allylic oxidation sites excluding steroid dienone is 1. The van der Waals surface area contributed by atoms with E-state index in [1.807, 2.05) is 45.9 Å². The Labute approximate surface area is 284 Å². The Balaban J connectivity index is 1.32. The quantitative estimate of drug-likeness (QED) is 0.159. The Bertz CT molecular complexity index is 1350. The highest BCUT2D eigenvalue weighted by Crippen LogP contribution is 2.59. The molecule has 3 heterocycles. The average molecular weight is 672 g/mol. The van der Waals surface area contributed by atoms with Crippen LogP contribution in [0.4, 0.5) is 10.5 Å². The number of rotatable bonds is 10. The van der Waals surface area contributed by atoms with E-state index in [0.717, 1.165) is 23.9 Å². The number of anilines is 1. The maximum Gasteiger partial charge on any atom is 0.495 e. The Kier molecular flexibility index (Phi) is 9.76. The van der Waals surface area contributed by atoms with Crippen molar-refractivity contribution in [2.45, 2.75) is 154 Å². The second-order valence-electron chi connectivity index (χ2n) is 17.0. The highest BCUT2D eigenvalue weighted by molar-refractivity contribution is 6.74. The van der Waals surface area contributed by atoms with Gasteiger partial charge >= 0.3 is 13.2 Å². The number of carbonyl (C=O) groups excluding carboxylic acids is 1. The summed E-state index contributed by atoms with van der Waals surface area (Å²) in [5.74, 6) is -0.0413. The zero-order valence-corrected chi connectivity index (χ0v) is 32.0. The fourth-order valence-corrected chi connectivity index (χ4v) is 7.79. The van der Waals surface area contributed by atoms with Gasteiger partial charge in [0.25, 0.3) is 0 Å². The van der Waals surface area contributed by atoms with Gasteiger partial charge in [-0.1, -0.05) is 38.5 Å². The predicted octanol–water partition coefficient (Wildman–Crippen LogP) is 7.13. The summed E-state index contributed by atoms with van der Waals surface area (Å²) < 4.78 is 44.1. The van der Waals surface area contributed by atoms with Crippen molar-refractivity contribution in [3.63, 3.8) is 0 Å². The minimum absolute atomic E-state index is 0.0413. The molecule has 1 spiro atoms. The van der Waals surface area contributed by atoms with Crippen LogP contribution in [0, 0.1) is 5.92 Å². The molecule has 262 valence electrons. The van der Waals surface area contributed by atoms with Crippen LogP contribution in [0.2, 0.25) is 18.1 Å². The molecule has 4 fully saturated rings. The molecular formula is C36H58BNO8Si. The predicted molar refractivity (Wildman–Crippen MR) is 188 cm³/mol. The molecule has 0 radical (unpaired) electrons. The zero-order valence-electron chi connectivity index (χ0n) is 31.0.